The first-order valence-electron chi connectivity index (χ1n) is 9.21. The standard InChI is InChI=1S/C20H32N2O3/c1-20(2,25-3)15-21-19(24)22-13-11-17(12-14-22)18(23)10-9-16-7-5-4-6-8-16/h4-8,17-18,23H,9-15H2,1-3H3,(H,21,24). The van der Waals surface area contributed by atoms with Crippen LogP contribution >= 0.6 is 0 Å². The lowest BCUT2D eigenvalue weighted by Crippen LogP contribution is -2.49. The van der Waals surface area contributed by atoms with Crippen LogP contribution < -0.4 is 5.32 Å². The number of amides is 2. The number of nitrogens with zero attached hydrogens (tertiary/aromatic N) is 1. The van der Waals surface area contributed by atoms with E-state index in [-0.39, 0.29) is 23.7 Å². The molecule has 1 atom stereocenters. The lowest BCUT2D eigenvalue weighted by atomic mass is 9.88. The molecule has 1 aliphatic heterocycles. The highest BCUT2D eigenvalue weighted by Crippen LogP contribution is 2.23. The maximum Gasteiger partial charge on any atom is 0.317 e. The van der Waals surface area contributed by atoms with Crippen molar-refractivity contribution in [1.82, 2.24) is 10.2 Å². The second-order valence-electron chi connectivity index (χ2n) is 7.54. The Morgan fingerprint density at radius 2 is 1.96 bits per heavy atom. The minimum atomic E-state index is -0.360. The topological polar surface area (TPSA) is 61.8 Å². The van der Waals surface area contributed by atoms with Gasteiger partial charge in [-0.3, -0.25) is 0 Å². The number of benzene rings is 1. The summed E-state index contributed by atoms with van der Waals surface area (Å²) in [6, 6.07) is 10.2. The second-order valence-corrected chi connectivity index (χ2v) is 7.54. The normalized spacial score (nSPS) is 17.4. The van der Waals surface area contributed by atoms with Gasteiger partial charge in [0.25, 0.3) is 0 Å². The highest BCUT2D eigenvalue weighted by atomic mass is 16.5. The van der Waals surface area contributed by atoms with Crippen molar-refractivity contribution in [2.75, 3.05) is 26.7 Å². The molecule has 1 fully saturated rings. The second kappa shape index (κ2) is 9.20. The average Bonchev–Trinajstić information content (AvgIpc) is 2.65. The first-order valence-corrected chi connectivity index (χ1v) is 9.21. The number of aliphatic hydroxyl groups is 1. The van der Waals surface area contributed by atoms with Gasteiger partial charge in [-0.25, -0.2) is 4.79 Å². The quantitative estimate of drug-likeness (QED) is 0.796. The number of rotatable bonds is 7. The number of hydrogen-bond acceptors (Lipinski definition) is 3. The molecule has 2 N–H and O–H groups in total. The molecule has 5 heteroatoms. The SMILES string of the molecule is COC(C)(C)CNC(=O)N1CCC(C(O)CCc2ccccc2)CC1. The van der Waals surface area contributed by atoms with Crippen LogP contribution in [0.25, 0.3) is 0 Å². The van der Waals surface area contributed by atoms with Crippen LogP contribution in [0.3, 0.4) is 0 Å². The number of nitrogens with one attached hydrogen (secondary N) is 1. The molecule has 1 aromatic carbocycles. The van der Waals surface area contributed by atoms with Crippen LogP contribution in [0.4, 0.5) is 4.79 Å². The zero-order valence-electron chi connectivity index (χ0n) is 15.7. The average molecular weight is 348 g/mol. The Morgan fingerprint density at radius 3 is 2.56 bits per heavy atom. The number of piperidine rings is 1. The predicted octanol–water partition coefficient (Wildman–Crippen LogP) is 2.83. The zero-order valence-corrected chi connectivity index (χ0v) is 15.7. The molecule has 1 saturated heterocycles. The summed E-state index contributed by atoms with van der Waals surface area (Å²) in [7, 11) is 1.65. The van der Waals surface area contributed by atoms with E-state index in [1.54, 1.807) is 7.11 Å². The fraction of sp³-hybridized carbons (Fsp3) is 0.650. The number of aryl methyl sites for hydroxylation is 1. The van der Waals surface area contributed by atoms with Gasteiger partial charge in [0, 0.05) is 26.7 Å². The third-order valence-corrected chi connectivity index (χ3v) is 5.16. The van der Waals surface area contributed by atoms with Crippen LogP contribution in [0.15, 0.2) is 30.3 Å². The van der Waals surface area contributed by atoms with Crippen molar-refractivity contribution in [3.63, 3.8) is 0 Å². The van der Waals surface area contributed by atoms with Gasteiger partial charge in [0.15, 0.2) is 0 Å². The maximum absolute atomic E-state index is 12.2. The number of urea groups is 1. The minimum absolute atomic E-state index is 0.0395. The molecule has 1 aliphatic rings. The molecule has 0 radical (unpaired) electrons. The van der Waals surface area contributed by atoms with E-state index in [0.29, 0.717) is 19.6 Å². The molecule has 2 rings (SSSR count). The van der Waals surface area contributed by atoms with Crippen molar-refractivity contribution in [1.29, 1.82) is 0 Å². The molecule has 1 aromatic rings. The summed E-state index contributed by atoms with van der Waals surface area (Å²) >= 11 is 0. The van der Waals surface area contributed by atoms with Crippen molar-refractivity contribution in [3.05, 3.63) is 35.9 Å². The van der Waals surface area contributed by atoms with Gasteiger partial charge >= 0.3 is 6.03 Å². The van der Waals surface area contributed by atoms with E-state index in [2.05, 4.69) is 17.4 Å². The van der Waals surface area contributed by atoms with E-state index >= 15 is 0 Å². The Balaban J connectivity index is 1.70. The molecule has 5 nitrogen and oxygen atoms in total. The molecule has 0 aromatic heterocycles. The monoisotopic (exact) mass is 348 g/mol. The number of carbonyl (C=O) groups excluding carboxylic acids is 1. The fourth-order valence-electron chi connectivity index (χ4n) is 3.15. The van der Waals surface area contributed by atoms with Gasteiger partial charge in [-0.05, 0) is 51.0 Å². The van der Waals surface area contributed by atoms with Crippen LogP contribution in [-0.4, -0.2) is 54.5 Å². The smallest absolute Gasteiger partial charge is 0.317 e. The summed E-state index contributed by atoms with van der Waals surface area (Å²) in [4.78, 5) is 14.1. The van der Waals surface area contributed by atoms with Crippen molar-refractivity contribution in [3.8, 4) is 0 Å². The van der Waals surface area contributed by atoms with Gasteiger partial charge in [0.05, 0.1) is 11.7 Å². The Hall–Kier alpha value is -1.59. The summed E-state index contributed by atoms with van der Waals surface area (Å²) in [5, 5.41) is 13.4. The number of carbonyl (C=O) groups is 1. The Bertz CT molecular complexity index is 525. The third kappa shape index (κ3) is 6.33. The number of methoxy groups -OCH3 is 1. The molecule has 0 spiro atoms. The Labute approximate surface area is 151 Å². The largest absolute Gasteiger partial charge is 0.393 e. The maximum atomic E-state index is 12.2. The molecule has 1 unspecified atom stereocenters. The van der Waals surface area contributed by atoms with Crippen LogP contribution in [0.1, 0.15) is 38.7 Å². The summed E-state index contributed by atoms with van der Waals surface area (Å²) in [5.74, 6) is 0.281. The van der Waals surface area contributed by atoms with Crippen molar-refractivity contribution < 1.29 is 14.6 Å². The van der Waals surface area contributed by atoms with E-state index in [1.165, 1.54) is 5.56 Å². The first kappa shape index (κ1) is 19.7. The number of ether oxygens (including phenoxy) is 1. The summed E-state index contributed by atoms with van der Waals surface area (Å²) in [6.07, 6.45) is 3.10. The molecule has 2 amide bonds. The summed E-state index contributed by atoms with van der Waals surface area (Å²) in [5.41, 5.74) is 0.904. The number of hydrogen-bond donors (Lipinski definition) is 2. The molecular weight excluding hydrogens is 316 g/mol. The van der Waals surface area contributed by atoms with E-state index in [4.69, 9.17) is 4.74 Å². The van der Waals surface area contributed by atoms with Crippen LogP contribution in [0.2, 0.25) is 0 Å². The highest BCUT2D eigenvalue weighted by Gasteiger charge is 2.28. The zero-order chi connectivity index (χ0) is 18.3. The highest BCUT2D eigenvalue weighted by molar-refractivity contribution is 5.74. The Kier molecular flexibility index (Phi) is 7.26. The molecule has 0 saturated carbocycles. The Morgan fingerprint density at radius 1 is 1.32 bits per heavy atom. The van der Waals surface area contributed by atoms with Gasteiger partial charge < -0.3 is 20.1 Å². The molecule has 25 heavy (non-hydrogen) atoms. The molecule has 0 aliphatic carbocycles. The van der Waals surface area contributed by atoms with Crippen molar-refractivity contribution in [2.24, 2.45) is 5.92 Å². The first-order chi connectivity index (χ1) is 11.9. The van der Waals surface area contributed by atoms with E-state index in [9.17, 15) is 9.90 Å². The van der Waals surface area contributed by atoms with Crippen molar-refractivity contribution in [2.45, 2.75) is 51.2 Å². The molecule has 0 bridgehead atoms. The number of aliphatic hydroxyl groups excluding tert-OH is 1. The van der Waals surface area contributed by atoms with Crippen LogP contribution in [-0.2, 0) is 11.2 Å². The van der Waals surface area contributed by atoms with Gasteiger partial charge in [0.2, 0.25) is 0 Å². The lowest BCUT2D eigenvalue weighted by Gasteiger charge is -2.35. The van der Waals surface area contributed by atoms with E-state index in [1.807, 2.05) is 36.9 Å². The summed E-state index contributed by atoms with van der Waals surface area (Å²) < 4.78 is 5.32. The van der Waals surface area contributed by atoms with Gasteiger partial charge in [-0.1, -0.05) is 30.3 Å². The van der Waals surface area contributed by atoms with E-state index in [0.717, 1.165) is 25.7 Å². The van der Waals surface area contributed by atoms with Crippen LogP contribution in [0.5, 0.6) is 0 Å². The van der Waals surface area contributed by atoms with Gasteiger partial charge in [0.1, 0.15) is 0 Å². The molecule has 140 valence electrons. The van der Waals surface area contributed by atoms with Gasteiger partial charge in [-0.15, -0.1) is 0 Å². The minimum Gasteiger partial charge on any atom is -0.393 e. The predicted molar refractivity (Wildman–Crippen MR) is 99.6 cm³/mol. The van der Waals surface area contributed by atoms with Gasteiger partial charge in [-0.2, -0.15) is 0 Å². The summed E-state index contributed by atoms with van der Waals surface area (Å²) in [6.45, 7) is 5.78. The third-order valence-electron chi connectivity index (χ3n) is 5.16. The lowest BCUT2D eigenvalue weighted by molar-refractivity contribution is 0.0230. The fourth-order valence-corrected chi connectivity index (χ4v) is 3.15. The van der Waals surface area contributed by atoms with Crippen molar-refractivity contribution >= 4 is 6.03 Å². The van der Waals surface area contributed by atoms with E-state index < -0.39 is 0 Å². The molecule has 1 heterocycles. The van der Waals surface area contributed by atoms with Crippen LogP contribution in [0, 0.1) is 5.92 Å². The number of likely N-dealkylation sites (tertiary alicyclic amines) is 1. The molecular formula is C20H32N2O3.